The fraction of sp³-hybridized carbons (Fsp3) is 0.727. The van der Waals surface area contributed by atoms with Crippen LogP contribution >= 0.6 is 11.6 Å². The van der Waals surface area contributed by atoms with Crippen molar-refractivity contribution >= 4 is 17.3 Å². The molecular formula is C11H16ClFN4O. The highest BCUT2D eigenvalue weighted by Gasteiger charge is 2.36. The fourth-order valence-electron chi connectivity index (χ4n) is 2.57. The first-order chi connectivity index (χ1) is 8.65. The summed E-state index contributed by atoms with van der Waals surface area (Å²) in [5.74, 6) is 0. The lowest BCUT2D eigenvalue weighted by Crippen LogP contribution is -2.55. The molecule has 0 amide bonds. The van der Waals surface area contributed by atoms with E-state index >= 15 is 0 Å². The lowest BCUT2D eigenvalue weighted by Gasteiger charge is -2.43. The zero-order chi connectivity index (χ0) is 12.7. The van der Waals surface area contributed by atoms with Crippen LogP contribution in [0.2, 0.25) is 5.15 Å². The molecule has 2 fully saturated rings. The Kier molecular flexibility index (Phi) is 3.17. The summed E-state index contributed by atoms with van der Waals surface area (Å²) < 4.78 is 20.6. The molecule has 3 rings (SSSR count). The monoisotopic (exact) mass is 274 g/mol. The number of anilines is 1. The summed E-state index contributed by atoms with van der Waals surface area (Å²) in [6.45, 7) is 2.59. The van der Waals surface area contributed by atoms with Crippen molar-refractivity contribution in [3.05, 3.63) is 11.3 Å². The molecule has 100 valence electrons. The topological polar surface area (TPSA) is 56.3 Å². The van der Waals surface area contributed by atoms with Gasteiger partial charge in [-0.2, -0.15) is 5.10 Å². The Hall–Kier alpha value is -0.850. The van der Waals surface area contributed by atoms with Gasteiger partial charge in [0.15, 0.2) is 0 Å². The van der Waals surface area contributed by atoms with Crippen molar-refractivity contribution in [1.82, 2.24) is 14.7 Å². The first kappa shape index (κ1) is 12.2. The van der Waals surface area contributed by atoms with Gasteiger partial charge in [0.25, 0.3) is 0 Å². The van der Waals surface area contributed by atoms with Crippen molar-refractivity contribution in [3.63, 3.8) is 0 Å². The van der Waals surface area contributed by atoms with Crippen LogP contribution in [0, 0.1) is 0 Å². The van der Waals surface area contributed by atoms with Gasteiger partial charge in [-0.25, -0.2) is 9.07 Å². The van der Waals surface area contributed by atoms with Crippen molar-refractivity contribution in [2.75, 3.05) is 32.0 Å². The van der Waals surface area contributed by atoms with Crippen LogP contribution in [0.5, 0.6) is 0 Å². The van der Waals surface area contributed by atoms with E-state index in [0.29, 0.717) is 43.1 Å². The van der Waals surface area contributed by atoms with Gasteiger partial charge in [-0.1, -0.05) is 11.6 Å². The van der Waals surface area contributed by atoms with Crippen LogP contribution in [0.3, 0.4) is 0 Å². The Bertz CT molecular complexity index is 437. The highest BCUT2D eigenvalue weighted by atomic mass is 35.5. The average Bonchev–Trinajstić information content (AvgIpc) is 2.56. The fourth-order valence-corrected chi connectivity index (χ4v) is 2.80. The minimum absolute atomic E-state index is 0.0563. The van der Waals surface area contributed by atoms with Gasteiger partial charge in [-0.15, -0.1) is 0 Å². The van der Waals surface area contributed by atoms with Crippen molar-refractivity contribution in [1.29, 1.82) is 0 Å². The van der Waals surface area contributed by atoms with E-state index in [4.69, 9.17) is 22.1 Å². The number of hydrogen-bond donors (Lipinski definition) is 1. The van der Waals surface area contributed by atoms with Crippen LogP contribution in [0.15, 0.2) is 6.20 Å². The number of nitrogen functional groups attached to an aromatic ring is 1. The zero-order valence-electron chi connectivity index (χ0n) is 9.93. The summed E-state index contributed by atoms with van der Waals surface area (Å²) in [6.07, 6.45) is 1.09. The third kappa shape index (κ3) is 2.08. The molecule has 2 saturated heterocycles. The number of likely N-dealkylation sites (tertiary alicyclic amines) is 1. The predicted molar refractivity (Wildman–Crippen MR) is 66.4 cm³/mol. The van der Waals surface area contributed by atoms with E-state index in [-0.39, 0.29) is 6.04 Å². The molecule has 5 nitrogen and oxygen atoms in total. The first-order valence-electron chi connectivity index (χ1n) is 6.09. The maximum atomic E-state index is 13.8. The van der Waals surface area contributed by atoms with Gasteiger partial charge in [-0.3, -0.25) is 4.90 Å². The number of nitrogens with two attached hydrogens (primary N) is 1. The van der Waals surface area contributed by atoms with Crippen LogP contribution in [-0.4, -0.2) is 53.2 Å². The lowest BCUT2D eigenvalue weighted by molar-refractivity contribution is -0.0855. The summed E-state index contributed by atoms with van der Waals surface area (Å²) in [5, 5.41) is 4.55. The van der Waals surface area contributed by atoms with E-state index in [1.54, 1.807) is 4.68 Å². The number of hydrogen-bond acceptors (Lipinski definition) is 4. The van der Waals surface area contributed by atoms with Gasteiger partial charge in [0, 0.05) is 19.5 Å². The van der Waals surface area contributed by atoms with Crippen LogP contribution in [0.25, 0.3) is 0 Å². The predicted octanol–water partition coefficient (Wildman–Crippen LogP) is 1.10. The Balaban J connectivity index is 1.77. The molecular weight excluding hydrogens is 259 g/mol. The molecule has 18 heavy (non-hydrogen) atoms. The van der Waals surface area contributed by atoms with E-state index in [0.717, 1.165) is 6.54 Å². The second-order valence-electron chi connectivity index (χ2n) is 4.97. The van der Waals surface area contributed by atoms with Gasteiger partial charge in [0.05, 0.1) is 37.2 Å². The average molecular weight is 275 g/mol. The molecule has 2 atom stereocenters. The normalized spacial score (nSPS) is 30.3. The number of rotatable bonds is 2. The summed E-state index contributed by atoms with van der Waals surface area (Å²) in [4.78, 5) is 2.12. The molecule has 2 unspecified atom stereocenters. The Morgan fingerprint density at radius 2 is 2.17 bits per heavy atom. The number of halogens is 2. The highest BCUT2D eigenvalue weighted by molar-refractivity contribution is 6.32. The summed E-state index contributed by atoms with van der Waals surface area (Å²) in [5.41, 5.74) is 6.11. The Morgan fingerprint density at radius 1 is 1.39 bits per heavy atom. The van der Waals surface area contributed by atoms with Crippen LogP contribution in [0.1, 0.15) is 12.5 Å². The lowest BCUT2D eigenvalue weighted by atomic mass is 10.0. The molecule has 0 aliphatic carbocycles. The van der Waals surface area contributed by atoms with E-state index in [9.17, 15) is 4.39 Å². The van der Waals surface area contributed by atoms with Crippen LogP contribution in [0.4, 0.5) is 10.1 Å². The van der Waals surface area contributed by atoms with Gasteiger partial charge in [0.1, 0.15) is 11.3 Å². The standard InChI is InChI=1S/C11H16ClFN4O/c12-11-10(14)2-15-17(11)8-1-7(13)3-16(4-8)9-5-18-6-9/h2,7-9H,1,3-6,14H2. The van der Waals surface area contributed by atoms with Gasteiger partial charge in [0.2, 0.25) is 0 Å². The molecule has 2 aliphatic rings. The summed E-state index contributed by atoms with van der Waals surface area (Å²) in [6, 6.07) is 0.275. The van der Waals surface area contributed by atoms with Gasteiger partial charge >= 0.3 is 0 Å². The maximum absolute atomic E-state index is 13.8. The Labute approximate surface area is 110 Å². The van der Waals surface area contributed by atoms with Crippen LogP contribution < -0.4 is 5.73 Å². The quantitative estimate of drug-likeness (QED) is 0.878. The van der Waals surface area contributed by atoms with Crippen molar-refractivity contribution in [2.24, 2.45) is 0 Å². The minimum Gasteiger partial charge on any atom is -0.395 e. The molecule has 0 bridgehead atoms. The van der Waals surface area contributed by atoms with E-state index < -0.39 is 6.17 Å². The molecule has 2 aliphatic heterocycles. The number of nitrogens with zero attached hydrogens (tertiary/aromatic N) is 3. The third-order valence-corrected chi connectivity index (χ3v) is 4.04. The summed E-state index contributed by atoms with van der Waals surface area (Å²) in [7, 11) is 0. The summed E-state index contributed by atoms with van der Waals surface area (Å²) >= 11 is 6.07. The molecule has 3 heterocycles. The van der Waals surface area contributed by atoms with Crippen molar-refractivity contribution < 1.29 is 9.13 Å². The molecule has 0 radical (unpaired) electrons. The molecule has 1 aromatic heterocycles. The van der Waals surface area contributed by atoms with E-state index in [2.05, 4.69) is 10.00 Å². The molecule has 0 saturated carbocycles. The number of aromatic nitrogens is 2. The molecule has 1 aromatic rings. The zero-order valence-corrected chi connectivity index (χ0v) is 10.7. The molecule has 0 spiro atoms. The minimum atomic E-state index is -0.856. The Morgan fingerprint density at radius 3 is 2.72 bits per heavy atom. The number of alkyl halides is 1. The molecule has 7 heteroatoms. The maximum Gasteiger partial charge on any atom is 0.150 e. The van der Waals surface area contributed by atoms with Crippen molar-refractivity contribution in [2.45, 2.75) is 24.7 Å². The largest absolute Gasteiger partial charge is 0.395 e. The highest BCUT2D eigenvalue weighted by Crippen LogP contribution is 2.30. The smallest absolute Gasteiger partial charge is 0.150 e. The SMILES string of the molecule is Nc1cnn(C2CC(F)CN(C3COC3)C2)c1Cl. The van der Waals surface area contributed by atoms with Crippen LogP contribution in [-0.2, 0) is 4.74 Å². The van der Waals surface area contributed by atoms with Gasteiger partial charge in [-0.05, 0) is 0 Å². The molecule has 0 aromatic carbocycles. The third-order valence-electron chi connectivity index (χ3n) is 3.65. The second kappa shape index (κ2) is 4.68. The molecule has 2 N–H and O–H groups in total. The van der Waals surface area contributed by atoms with Gasteiger partial charge < -0.3 is 10.5 Å². The second-order valence-corrected chi connectivity index (χ2v) is 5.33. The first-order valence-corrected chi connectivity index (χ1v) is 6.47. The number of ether oxygens (including phenoxy) is 1. The van der Waals surface area contributed by atoms with E-state index in [1.807, 2.05) is 0 Å². The number of piperidine rings is 1. The van der Waals surface area contributed by atoms with E-state index in [1.165, 1.54) is 6.20 Å². The van der Waals surface area contributed by atoms with Crippen molar-refractivity contribution in [3.8, 4) is 0 Å².